The van der Waals surface area contributed by atoms with Crippen LogP contribution in [0.25, 0.3) is 0 Å². The first-order chi connectivity index (χ1) is 8.29. The fourth-order valence-corrected chi connectivity index (χ4v) is 3.02. The topological polar surface area (TPSA) is 38.3 Å². The number of hydrogen-bond donors (Lipinski definition) is 1. The van der Waals surface area contributed by atoms with Gasteiger partial charge in [-0.05, 0) is 48.1 Å². The average Bonchev–Trinajstić information content (AvgIpc) is 2.89. The highest BCUT2D eigenvalue weighted by Gasteiger charge is 2.26. The number of carbonyl (C=O) groups excluding carboxylic acids is 1. The number of carbonyl (C=O) groups is 1. The first kappa shape index (κ1) is 12.6. The van der Waals surface area contributed by atoms with Gasteiger partial charge in [-0.15, -0.1) is 0 Å². The number of hydrogen-bond acceptors (Lipinski definition) is 4. The summed E-state index contributed by atoms with van der Waals surface area (Å²) in [7, 11) is 1.48. The zero-order valence-corrected chi connectivity index (χ0v) is 11.0. The van der Waals surface area contributed by atoms with Crippen LogP contribution in [0.3, 0.4) is 0 Å². The molecule has 1 aliphatic carbocycles. The predicted molar refractivity (Wildman–Crippen MR) is 68.9 cm³/mol. The average molecular weight is 253 g/mol. The van der Waals surface area contributed by atoms with Crippen LogP contribution in [0.4, 0.5) is 0 Å². The van der Waals surface area contributed by atoms with E-state index in [4.69, 9.17) is 4.74 Å². The second kappa shape index (κ2) is 6.17. The summed E-state index contributed by atoms with van der Waals surface area (Å²) < 4.78 is 4.79. The second-order valence-corrected chi connectivity index (χ2v) is 5.36. The predicted octanol–water partition coefficient (Wildman–Crippen LogP) is 2.57. The maximum absolute atomic E-state index is 11.4. The van der Waals surface area contributed by atoms with Gasteiger partial charge >= 0.3 is 5.97 Å². The summed E-state index contributed by atoms with van der Waals surface area (Å²) in [6.07, 6.45) is 4.05. The Balaban J connectivity index is 1.70. The molecule has 4 heteroatoms. The molecule has 1 saturated carbocycles. The standard InChI is InChI=1S/C13H19NO2S/c1-16-13(15)11-2-4-12(5-3-11)14-8-10-6-7-17-9-10/h6-7,9,11-12,14H,2-5,8H2,1H3. The van der Waals surface area contributed by atoms with E-state index in [1.165, 1.54) is 12.7 Å². The number of thiophene rings is 1. The molecule has 1 aromatic heterocycles. The van der Waals surface area contributed by atoms with Gasteiger partial charge in [-0.1, -0.05) is 0 Å². The highest BCUT2D eigenvalue weighted by Crippen LogP contribution is 2.25. The summed E-state index contributed by atoms with van der Waals surface area (Å²) in [5.74, 6) is 0.0838. The number of rotatable bonds is 4. The normalized spacial score (nSPS) is 24.5. The minimum Gasteiger partial charge on any atom is -0.469 e. The smallest absolute Gasteiger partial charge is 0.308 e. The maximum atomic E-state index is 11.4. The number of ether oxygens (including phenoxy) is 1. The van der Waals surface area contributed by atoms with Crippen LogP contribution < -0.4 is 5.32 Å². The third-order valence-corrected chi connectivity index (χ3v) is 4.17. The fraction of sp³-hybridized carbons (Fsp3) is 0.615. The van der Waals surface area contributed by atoms with E-state index in [0.717, 1.165) is 32.2 Å². The lowest BCUT2D eigenvalue weighted by Crippen LogP contribution is -2.34. The Labute approximate surface area is 106 Å². The van der Waals surface area contributed by atoms with E-state index >= 15 is 0 Å². The van der Waals surface area contributed by atoms with E-state index in [1.807, 2.05) is 0 Å². The Morgan fingerprint density at radius 2 is 2.24 bits per heavy atom. The Morgan fingerprint density at radius 1 is 1.47 bits per heavy atom. The second-order valence-electron chi connectivity index (χ2n) is 4.58. The Bertz CT molecular complexity index is 342. The van der Waals surface area contributed by atoms with Crippen LogP contribution in [-0.4, -0.2) is 19.1 Å². The summed E-state index contributed by atoms with van der Waals surface area (Å²) in [6.45, 7) is 0.942. The summed E-state index contributed by atoms with van der Waals surface area (Å²) in [5, 5.41) is 7.83. The van der Waals surface area contributed by atoms with Gasteiger partial charge in [0.05, 0.1) is 13.0 Å². The Hall–Kier alpha value is -0.870. The van der Waals surface area contributed by atoms with Crippen molar-refractivity contribution in [3.05, 3.63) is 22.4 Å². The lowest BCUT2D eigenvalue weighted by Gasteiger charge is -2.27. The van der Waals surface area contributed by atoms with Gasteiger partial charge in [-0.25, -0.2) is 0 Å². The lowest BCUT2D eigenvalue weighted by molar-refractivity contribution is -0.146. The molecule has 2 rings (SSSR count). The molecule has 0 saturated heterocycles. The first-order valence-electron chi connectivity index (χ1n) is 6.12. The van der Waals surface area contributed by atoms with Crippen LogP contribution in [0, 0.1) is 5.92 Å². The van der Waals surface area contributed by atoms with Crippen LogP contribution in [0.5, 0.6) is 0 Å². The molecular formula is C13H19NO2S. The third-order valence-electron chi connectivity index (χ3n) is 3.44. The quantitative estimate of drug-likeness (QED) is 0.838. The van der Waals surface area contributed by atoms with Gasteiger partial charge in [0, 0.05) is 12.6 Å². The fourth-order valence-electron chi connectivity index (χ4n) is 2.36. The highest BCUT2D eigenvalue weighted by molar-refractivity contribution is 7.07. The molecule has 1 aromatic rings. The van der Waals surface area contributed by atoms with Crippen LogP contribution in [-0.2, 0) is 16.1 Å². The molecular weight excluding hydrogens is 234 g/mol. The molecule has 0 aliphatic heterocycles. The number of nitrogens with one attached hydrogen (secondary N) is 1. The highest BCUT2D eigenvalue weighted by atomic mass is 32.1. The van der Waals surface area contributed by atoms with Crippen molar-refractivity contribution in [3.63, 3.8) is 0 Å². The van der Waals surface area contributed by atoms with Gasteiger partial charge in [0.25, 0.3) is 0 Å². The molecule has 1 fully saturated rings. The van der Waals surface area contributed by atoms with E-state index in [0.29, 0.717) is 6.04 Å². The zero-order valence-electron chi connectivity index (χ0n) is 10.1. The van der Waals surface area contributed by atoms with Gasteiger partial charge < -0.3 is 10.1 Å². The van der Waals surface area contributed by atoms with Crippen molar-refractivity contribution in [2.75, 3.05) is 7.11 Å². The van der Waals surface area contributed by atoms with E-state index in [-0.39, 0.29) is 11.9 Å². The summed E-state index contributed by atoms with van der Waals surface area (Å²) in [5.41, 5.74) is 1.35. The Kier molecular flexibility index (Phi) is 4.57. The van der Waals surface area contributed by atoms with Crippen molar-refractivity contribution in [2.45, 2.75) is 38.3 Å². The molecule has 0 amide bonds. The minimum atomic E-state index is -0.0405. The first-order valence-corrected chi connectivity index (χ1v) is 7.06. The van der Waals surface area contributed by atoms with Crippen molar-refractivity contribution < 1.29 is 9.53 Å². The zero-order chi connectivity index (χ0) is 12.1. The molecule has 94 valence electrons. The van der Waals surface area contributed by atoms with Gasteiger partial charge in [-0.2, -0.15) is 11.3 Å². The van der Waals surface area contributed by atoms with Gasteiger partial charge in [0.15, 0.2) is 0 Å². The van der Waals surface area contributed by atoms with Crippen molar-refractivity contribution in [2.24, 2.45) is 5.92 Å². The van der Waals surface area contributed by atoms with E-state index in [1.54, 1.807) is 11.3 Å². The molecule has 0 bridgehead atoms. The van der Waals surface area contributed by atoms with Crippen LogP contribution in [0.2, 0.25) is 0 Å². The molecule has 1 aliphatic rings. The molecule has 0 radical (unpaired) electrons. The van der Waals surface area contributed by atoms with E-state index in [9.17, 15) is 4.79 Å². The molecule has 0 spiro atoms. The number of esters is 1. The molecule has 0 unspecified atom stereocenters. The molecule has 0 aromatic carbocycles. The van der Waals surface area contributed by atoms with Crippen molar-refractivity contribution in [1.29, 1.82) is 0 Å². The number of methoxy groups -OCH3 is 1. The van der Waals surface area contributed by atoms with Gasteiger partial charge in [0.2, 0.25) is 0 Å². The van der Waals surface area contributed by atoms with E-state index < -0.39 is 0 Å². The lowest BCUT2D eigenvalue weighted by atomic mass is 9.86. The van der Waals surface area contributed by atoms with Crippen molar-refractivity contribution >= 4 is 17.3 Å². The molecule has 3 nitrogen and oxygen atoms in total. The SMILES string of the molecule is COC(=O)C1CCC(NCc2ccsc2)CC1. The third kappa shape index (κ3) is 3.54. The maximum Gasteiger partial charge on any atom is 0.308 e. The molecule has 1 heterocycles. The molecule has 1 N–H and O–H groups in total. The van der Waals surface area contributed by atoms with Crippen molar-refractivity contribution in [1.82, 2.24) is 5.32 Å². The van der Waals surface area contributed by atoms with Crippen LogP contribution in [0.1, 0.15) is 31.2 Å². The summed E-state index contributed by atoms with van der Waals surface area (Å²) in [4.78, 5) is 11.4. The van der Waals surface area contributed by atoms with Gasteiger partial charge in [-0.3, -0.25) is 4.79 Å². The van der Waals surface area contributed by atoms with Crippen LogP contribution >= 0.6 is 11.3 Å². The van der Waals surface area contributed by atoms with Crippen molar-refractivity contribution in [3.8, 4) is 0 Å². The largest absolute Gasteiger partial charge is 0.469 e. The molecule has 0 atom stereocenters. The van der Waals surface area contributed by atoms with E-state index in [2.05, 4.69) is 22.1 Å². The Morgan fingerprint density at radius 3 is 2.82 bits per heavy atom. The monoisotopic (exact) mass is 253 g/mol. The summed E-state index contributed by atoms with van der Waals surface area (Å²) >= 11 is 1.73. The van der Waals surface area contributed by atoms with Crippen LogP contribution in [0.15, 0.2) is 16.8 Å². The molecule has 17 heavy (non-hydrogen) atoms. The van der Waals surface area contributed by atoms with Gasteiger partial charge in [0.1, 0.15) is 0 Å². The minimum absolute atomic E-state index is 0.0405. The summed E-state index contributed by atoms with van der Waals surface area (Å²) in [6, 6.07) is 2.70.